The number of carbonyl (C=O) groups is 1. The van der Waals surface area contributed by atoms with Crippen molar-refractivity contribution in [1.82, 2.24) is 5.32 Å². The monoisotopic (exact) mass is 219 g/mol. The lowest BCUT2D eigenvalue weighted by Gasteiger charge is -2.01. The Balaban J connectivity index is 2.06. The third-order valence-electron chi connectivity index (χ3n) is 2.39. The molecule has 0 heterocycles. The molecule has 1 aromatic rings. The zero-order chi connectivity index (χ0) is 11.5. The van der Waals surface area contributed by atoms with Gasteiger partial charge in [-0.2, -0.15) is 0 Å². The van der Waals surface area contributed by atoms with Gasteiger partial charge < -0.3 is 15.5 Å². The van der Waals surface area contributed by atoms with Gasteiger partial charge >= 0.3 is 0 Å². The Hall–Kier alpha value is -1.97. The topological polar surface area (TPSA) is 69.6 Å². The molecule has 4 heteroatoms. The molecule has 0 unspecified atom stereocenters. The summed E-state index contributed by atoms with van der Waals surface area (Å²) >= 11 is 0. The minimum atomic E-state index is -0.204. The van der Waals surface area contributed by atoms with Crippen LogP contribution in [0.25, 0.3) is 6.08 Å². The number of carbonyl (C=O) groups excluding carboxylic acids is 1. The molecule has 4 nitrogen and oxygen atoms in total. The SMILES string of the molecule is O=C(C=Cc1c(O)cccc1O)NC1CC1. The van der Waals surface area contributed by atoms with Gasteiger partial charge in [-0.05, 0) is 31.1 Å². The van der Waals surface area contributed by atoms with Crippen LogP contribution in [0.2, 0.25) is 0 Å². The number of amides is 1. The largest absolute Gasteiger partial charge is 0.507 e. The Morgan fingerprint density at radius 3 is 2.50 bits per heavy atom. The summed E-state index contributed by atoms with van der Waals surface area (Å²) in [5.41, 5.74) is 0.258. The molecule has 1 fully saturated rings. The van der Waals surface area contributed by atoms with Crippen LogP contribution in [-0.2, 0) is 4.79 Å². The van der Waals surface area contributed by atoms with Gasteiger partial charge in [-0.25, -0.2) is 0 Å². The molecule has 0 aromatic heterocycles. The van der Waals surface area contributed by atoms with E-state index < -0.39 is 0 Å². The van der Waals surface area contributed by atoms with Crippen LogP contribution in [0.15, 0.2) is 24.3 Å². The molecule has 3 N–H and O–H groups in total. The fraction of sp³-hybridized carbons (Fsp3) is 0.250. The second kappa shape index (κ2) is 4.26. The van der Waals surface area contributed by atoms with Crippen molar-refractivity contribution in [3.8, 4) is 11.5 Å². The highest BCUT2D eigenvalue weighted by Crippen LogP contribution is 2.27. The van der Waals surface area contributed by atoms with Crippen LogP contribution in [-0.4, -0.2) is 22.2 Å². The Morgan fingerprint density at radius 1 is 1.31 bits per heavy atom. The summed E-state index contributed by atoms with van der Waals surface area (Å²) in [4.78, 5) is 11.3. The first-order valence-corrected chi connectivity index (χ1v) is 5.16. The normalized spacial score (nSPS) is 15.2. The number of rotatable bonds is 3. The lowest BCUT2D eigenvalue weighted by Crippen LogP contribution is -2.22. The average Bonchev–Trinajstić information content (AvgIpc) is 3.01. The second-order valence-electron chi connectivity index (χ2n) is 3.83. The molecule has 0 bridgehead atoms. The first-order valence-electron chi connectivity index (χ1n) is 5.16. The molecule has 0 saturated heterocycles. The highest BCUT2D eigenvalue weighted by molar-refractivity contribution is 5.92. The minimum absolute atomic E-state index is 0.0459. The summed E-state index contributed by atoms with van der Waals surface area (Å²) in [6.45, 7) is 0. The number of aromatic hydroxyl groups is 2. The molecule has 1 amide bonds. The number of hydrogen-bond donors (Lipinski definition) is 3. The van der Waals surface area contributed by atoms with E-state index in [1.807, 2.05) is 0 Å². The summed E-state index contributed by atoms with van der Waals surface area (Å²) in [6, 6.07) is 4.75. The molecular formula is C12H13NO3. The molecule has 84 valence electrons. The van der Waals surface area contributed by atoms with E-state index in [9.17, 15) is 15.0 Å². The van der Waals surface area contributed by atoms with Crippen LogP contribution < -0.4 is 5.32 Å². The summed E-state index contributed by atoms with van der Waals surface area (Å²) in [5, 5.41) is 21.7. The van der Waals surface area contributed by atoms with E-state index >= 15 is 0 Å². The van der Waals surface area contributed by atoms with E-state index in [1.165, 1.54) is 30.4 Å². The molecule has 1 saturated carbocycles. The summed E-state index contributed by atoms with van der Waals surface area (Å²) in [7, 11) is 0. The van der Waals surface area contributed by atoms with Gasteiger partial charge in [0.05, 0.1) is 5.56 Å². The third kappa shape index (κ3) is 2.53. The van der Waals surface area contributed by atoms with Crippen molar-refractivity contribution in [2.75, 3.05) is 0 Å². The quantitative estimate of drug-likeness (QED) is 0.673. The van der Waals surface area contributed by atoms with Crippen molar-refractivity contribution in [2.24, 2.45) is 0 Å². The van der Waals surface area contributed by atoms with Gasteiger partial charge in [0.1, 0.15) is 11.5 Å². The Bertz CT molecular complexity index is 416. The number of phenols is 2. The first kappa shape index (κ1) is 10.5. The van der Waals surface area contributed by atoms with Gasteiger partial charge in [0.2, 0.25) is 5.91 Å². The second-order valence-corrected chi connectivity index (χ2v) is 3.83. The van der Waals surface area contributed by atoms with Gasteiger partial charge in [-0.1, -0.05) is 6.07 Å². The van der Waals surface area contributed by atoms with E-state index in [2.05, 4.69) is 5.32 Å². The summed E-state index contributed by atoms with van der Waals surface area (Å²) in [6.07, 6.45) is 4.78. The van der Waals surface area contributed by atoms with Gasteiger partial charge in [0.25, 0.3) is 0 Å². The molecular weight excluding hydrogens is 206 g/mol. The van der Waals surface area contributed by atoms with E-state index in [0.29, 0.717) is 6.04 Å². The molecule has 0 spiro atoms. The van der Waals surface area contributed by atoms with E-state index in [0.717, 1.165) is 12.8 Å². The van der Waals surface area contributed by atoms with Crippen molar-refractivity contribution in [3.05, 3.63) is 29.8 Å². The lowest BCUT2D eigenvalue weighted by molar-refractivity contribution is -0.116. The number of benzene rings is 1. The standard InChI is InChI=1S/C12H13NO3/c14-10-2-1-3-11(15)9(10)6-7-12(16)13-8-4-5-8/h1-3,6-8,14-15H,4-5H2,(H,13,16). The number of nitrogens with one attached hydrogen (secondary N) is 1. The molecule has 1 aliphatic rings. The first-order chi connectivity index (χ1) is 7.66. The smallest absolute Gasteiger partial charge is 0.244 e. The molecule has 1 aliphatic carbocycles. The molecule has 2 rings (SSSR count). The Labute approximate surface area is 93.2 Å². The van der Waals surface area contributed by atoms with Crippen LogP contribution in [0, 0.1) is 0 Å². The fourth-order valence-corrected chi connectivity index (χ4v) is 1.35. The maximum atomic E-state index is 11.3. The van der Waals surface area contributed by atoms with Crippen LogP contribution in [0.3, 0.4) is 0 Å². The van der Waals surface area contributed by atoms with Crippen molar-refractivity contribution in [1.29, 1.82) is 0 Å². The third-order valence-corrected chi connectivity index (χ3v) is 2.39. The van der Waals surface area contributed by atoms with E-state index in [4.69, 9.17) is 0 Å². The van der Waals surface area contributed by atoms with Crippen molar-refractivity contribution in [2.45, 2.75) is 18.9 Å². The molecule has 0 radical (unpaired) electrons. The van der Waals surface area contributed by atoms with Gasteiger partial charge in [0.15, 0.2) is 0 Å². The maximum absolute atomic E-state index is 11.3. The number of phenolic OH excluding ortho intramolecular Hbond substituents is 2. The van der Waals surface area contributed by atoms with Gasteiger partial charge in [-0.3, -0.25) is 4.79 Å². The molecule has 0 atom stereocenters. The zero-order valence-corrected chi connectivity index (χ0v) is 8.68. The van der Waals surface area contributed by atoms with Crippen molar-refractivity contribution in [3.63, 3.8) is 0 Å². The van der Waals surface area contributed by atoms with Crippen LogP contribution >= 0.6 is 0 Å². The Morgan fingerprint density at radius 2 is 1.94 bits per heavy atom. The van der Waals surface area contributed by atoms with Crippen LogP contribution in [0.1, 0.15) is 18.4 Å². The van der Waals surface area contributed by atoms with Crippen molar-refractivity contribution >= 4 is 12.0 Å². The highest BCUT2D eigenvalue weighted by atomic mass is 16.3. The number of hydrogen-bond acceptors (Lipinski definition) is 3. The molecule has 0 aliphatic heterocycles. The highest BCUT2D eigenvalue weighted by Gasteiger charge is 2.22. The predicted molar refractivity (Wildman–Crippen MR) is 60.0 cm³/mol. The zero-order valence-electron chi connectivity index (χ0n) is 8.68. The lowest BCUT2D eigenvalue weighted by atomic mass is 10.1. The molecule has 1 aromatic carbocycles. The van der Waals surface area contributed by atoms with Gasteiger partial charge in [0, 0.05) is 12.1 Å². The maximum Gasteiger partial charge on any atom is 0.244 e. The Kier molecular flexibility index (Phi) is 2.81. The van der Waals surface area contributed by atoms with E-state index in [-0.39, 0.29) is 23.0 Å². The van der Waals surface area contributed by atoms with Crippen molar-refractivity contribution < 1.29 is 15.0 Å². The van der Waals surface area contributed by atoms with Crippen LogP contribution in [0.5, 0.6) is 11.5 Å². The van der Waals surface area contributed by atoms with E-state index in [1.54, 1.807) is 0 Å². The summed E-state index contributed by atoms with van der Waals surface area (Å²) < 4.78 is 0. The van der Waals surface area contributed by atoms with Crippen LogP contribution in [0.4, 0.5) is 0 Å². The predicted octanol–water partition coefficient (Wildman–Crippen LogP) is 1.39. The summed E-state index contributed by atoms with van der Waals surface area (Å²) in [5.74, 6) is -0.295. The average molecular weight is 219 g/mol. The molecule has 16 heavy (non-hydrogen) atoms. The minimum Gasteiger partial charge on any atom is -0.507 e. The van der Waals surface area contributed by atoms with Gasteiger partial charge in [-0.15, -0.1) is 0 Å². The fourth-order valence-electron chi connectivity index (χ4n) is 1.35.